The Hall–Kier alpha value is -0.570. The number of carboxylic acid groups (broad SMARTS) is 1. The van der Waals surface area contributed by atoms with Crippen molar-refractivity contribution in [2.24, 2.45) is 10.8 Å². The second kappa shape index (κ2) is 4.97. The van der Waals surface area contributed by atoms with Gasteiger partial charge in [-0.15, -0.1) is 0 Å². The molecule has 0 aromatic heterocycles. The van der Waals surface area contributed by atoms with Gasteiger partial charge in [0.05, 0.1) is 0 Å². The van der Waals surface area contributed by atoms with E-state index in [0.29, 0.717) is 6.42 Å². The van der Waals surface area contributed by atoms with Crippen LogP contribution in [0.3, 0.4) is 0 Å². The van der Waals surface area contributed by atoms with Gasteiger partial charge in [0.2, 0.25) is 0 Å². The van der Waals surface area contributed by atoms with E-state index in [1.165, 1.54) is 0 Å². The first-order chi connectivity index (χ1) is 6.68. The lowest BCUT2D eigenvalue weighted by molar-refractivity contribution is -0.155. The third kappa shape index (κ3) is 3.82. The highest BCUT2D eigenvalue weighted by atomic mass is 16.4. The molecule has 0 fully saturated rings. The highest BCUT2D eigenvalue weighted by Crippen LogP contribution is 2.40. The van der Waals surface area contributed by atoms with E-state index < -0.39 is 17.5 Å². The van der Waals surface area contributed by atoms with Crippen molar-refractivity contribution in [3.63, 3.8) is 0 Å². The van der Waals surface area contributed by atoms with Crippen molar-refractivity contribution in [2.75, 3.05) is 0 Å². The number of hydrogen-bond donors (Lipinski definition) is 2. The number of aliphatic hydroxyl groups excluding tert-OH is 1. The van der Waals surface area contributed by atoms with Gasteiger partial charge in [0.1, 0.15) is 0 Å². The SMILES string of the molecule is CCC(C)(C)CC(C)(CC)C(O)C(=O)O. The van der Waals surface area contributed by atoms with E-state index in [-0.39, 0.29) is 5.41 Å². The van der Waals surface area contributed by atoms with Gasteiger partial charge in [-0.1, -0.05) is 41.0 Å². The molecular weight excluding hydrogens is 192 g/mol. The third-order valence-corrected chi connectivity index (χ3v) is 3.54. The molecule has 0 spiro atoms. The second-order valence-electron chi connectivity index (χ2n) is 5.44. The molecule has 0 bridgehead atoms. The summed E-state index contributed by atoms with van der Waals surface area (Å²) in [5.41, 5.74) is -0.466. The Labute approximate surface area is 92.5 Å². The van der Waals surface area contributed by atoms with Gasteiger partial charge in [0.15, 0.2) is 6.10 Å². The van der Waals surface area contributed by atoms with Crippen LogP contribution in [0.5, 0.6) is 0 Å². The summed E-state index contributed by atoms with van der Waals surface area (Å²) in [5, 5.41) is 18.6. The predicted molar refractivity (Wildman–Crippen MR) is 60.7 cm³/mol. The van der Waals surface area contributed by atoms with E-state index in [9.17, 15) is 9.90 Å². The fourth-order valence-electron chi connectivity index (χ4n) is 1.93. The molecule has 0 heterocycles. The Morgan fingerprint density at radius 2 is 1.67 bits per heavy atom. The van der Waals surface area contributed by atoms with Gasteiger partial charge >= 0.3 is 5.97 Å². The Bertz CT molecular complexity index is 223. The molecule has 0 aromatic rings. The predicted octanol–water partition coefficient (Wildman–Crippen LogP) is 2.67. The maximum absolute atomic E-state index is 10.8. The number of aliphatic hydroxyl groups is 1. The van der Waals surface area contributed by atoms with Gasteiger partial charge in [-0.3, -0.25) is 0 Å². The third-order valence-electron chi connectivity index (χ3n) is 3.54. The summed E-state index contributed by atoms with van der Waals surface area (Å²) in [6.07, 6.45) is 1.10. The number of carboxylic acids is 1. The Kier molecular flexibility index (Phi) is 4.78. The van der Waals surface area contributed by atoms with Gasteiger partial charge in [0.25, 0.3) is 0 Å². The van der Waals surface area contributed by atoms with Crippen molar-refractivity contribution in [1.82, 2.24) is 0 Å². The van der Waals surface area contributed by atoms with Crippen molar-refractivity contribution in [3.05, 3.63) is 0 Å². The van der Waals surface area contributed by atoms with Crippen LogP contribution in [0, 0.1) is 10.8 Å². The molecule has 0 aliphatic rings. The zero-order chi connectivity index (χ0) is 12.3. The molecule has 0 radical (unpaired) electrons. The molecule has 0 amide bonds. The van der Waals surface area contributed by atoms with E-state index in [0.717, 1.165) is 12.8 Å². The number of carbonyl (C=O) groups is 1. The average molecular weight is 216 g/mol. The van der Waals surface area contributed by atoms with Crippen LogP contribution in [-0.2, 0) is 4.79 Å². The van der Waals surface area contributed by atoms with Crippen LogP contribution in [0.15, 0.2) is 0 Å². The van der Waals surface area contributed by atoms with Gasteiger partial charge in [-0.2, -0.15) is 0 Å². The highest BCUT2D eigenvalue weighted by molar-refractivity contribution is 5.73. The standard InChI is InChI=1S/C12H24O3/c1-6-11(3,4)8-12(5,7-2)9(13)10(14)15/h9,13H,6-8H2,1-5H3,(H,14,15). The lowest BCUT2D eigenvalue weighted by Crippen LogP contribution is -2.41. The van der Waals surface area contributed by atoms with Crippen molar-refractivity contribution >= 4 is 5.97 Å². The Morgan fingerprint density at radius 1 is 1.20 bits per heavy atom. The minimum atomic E-state index is -1.27. The zero-order valence-corrected chi connectivity index (χ0v) is 10.5. The maximum atomic E-state index is 10.8. The van der Waals surface area contributed by atoms with Crippen LogP contribution in [-0.4, -0.2) is 22.3 Å². The van der Waals surface area contributed by atoms with Crippen LogP contribution in [0.25, 0.3) is 0 Å². The van der Waals surface area contributed by atoms with E-state index in [2.05, 4.69) is 20.8 Å². The van der Waals surface area contributed by atoms with E-state index >= 15 is 0 Å². The molecule has 0 aliphatic carbocycles. The molecule has 0 saturated carbocycles. The first-order valence-electron chi connectivity index (χ1n) is 5.59. The quantitative estimate of drug-likeness (QED) is 0.717. The summed E-state index contributed by atoms with van der Waals surface area (Å²) in [6, 6.07) is 0. The summed E-state index contributed by atoms with van der Waals surface area (Å²) in [7, 11) is 0. The van der Waals surface area contributed by atoms with Crippen LogP contribution < -0.4 is 0 Å². The molecule has 0 aromatic carbocycles. The minimum absolute atomic E-state index is 0.0706. The van der Waals surface area contributed by atoms with Crippen molar-refractivity contribution in [1.29, 1.82) is 0 Å². The van der Waals surface area contributed by atoms with E-state index in [4.69, 9.17) is 5.11 Å². The van der Waals surface area contributed by atoms with Gasteiger partial charge in [0, 0.05) is 5.41 Å². The first kappa shape index (κ1) is 14.4. The normalized spacial score (nSPS) is 18.3. The van der Waals surface area contributed by atoms with Gasteiger partial charge in [-0.05, 0) is 18.3 Å². The van der Waals surface area contributed by atoms with Crippen LogP contribution in [0.2, 0.25) is 0 Å². The smallest absolute Gasteiger partial charge is 0.333 e. The molecule has 90 valence electrons. The molecule has 2 atom stereocenters. The fourth-order valence-corrected chi connectivity index (χ4v) is 1.93. The maximum Gasteiger partial charge on any atom is 0.333 e. The topological polar surface area (TPSA) is 57.5 Å². The summed E-state index contributed by atoms with van der Waals surface area (Å²) in [4.78, 5) is 10.8. The Morgan fingerprint density at radius 3 is 1.93 bits per heavy atom. The lowest BCUT2D eigenvalue weighted by atomic mass is 9.68. The van der Waals surface area contributed by atoms with Crippen molar-refractivity contribution in [2.45, 2.75) is 60.0 Å². The monoisotopic (exact) mass is 216 g/mol. The minimum Gasteiger partial charge on any atom is -0.479 e. The van der Waals surface area contributed by atoms with Gasteiger partial charge < -0.3 is 10.2 Å². The summed E-state index contributed by atoms with van der Waals surface area (Å²) >= 11 is 0. The zero-order valence-electron chi connectivity index (χ0n) is 10.5. The molecule has 2 unspecified atom stereocenters. The molecule has 0 aliphatic heterocycles. The number of rotatable bonds is 6. The van der Waals surface area contributed by atoms with Crippen LogP contribution in [0.1, 0.15) is 53.9 Å². The molecular formula is C12H24O3. The second-order valence-corrected chi connectivity index (χ2v) is 5.44. The molecule has 3 nitrogen and oxygen atoms in total. The first-order valence-corrected chi connectivity index (χ1v) is 5.59. The molecule has 0 rings (SSSR count). The number of aliphatic carboxylic acids is 1. The summed E-state index contributed by atoms with van der Waals surface area (Å²) < 4.78 is 0. The molecule has 15 heavy (non-hydrogen) atoms. The number of hydrogen-bond acceptors (Lipinski definition) is 2. The van der Waals surface area contributed by atoms with E-state index in [1.54, 1.807) is 0 Å². The molecule has 0 saturated heterocycles. The lowest BCUT2D eigenvalue weighted by Gasteiger charge is -2.38. The summed E-state index contributed by atoms with van der Waals surface area (Å²) in [5.74, 6) is -1.12. The van der Waals surface area contributed by atoms with Gasteiger partial charge in [-0.25, -0.2) is 4.79 Å². The van der Waals surface area contributed by atoms with E-state index in [1.807, 2.05) is 13.8 Å². The summed E-state index contributed by atoms with van der Waals surface area (Å²) in [6.45, 7) is 10.1. The highest BCUT2D eigenvalue weighted by Gasteiger charge is 2.39. The fraction of sp³-hybridized carbons (Fsp3) is 0.917. The average Bonchev–Trinajstić information content (AvgIpc) is 2.15. The van der Waals surface area contributed by atoms with Crippen molar-refractivity contribution < 1.29 is 15.0 Å². The molecule has 3 heteroatoms. The van der Waals surface area contributed by atoms with Crippen LogP contribution >= 0.6 is 0 Å². The van der Waals surface area contributed by atoms with Crippen LogP contribution in [0.4, 0.5) is 0 Å². The largest absolute Gasteiger partial charge is 0.479 e. The Balaban J connectivity index is 4.79. The van der Waals surface area contributed by atoms with Crippen molar-refractivity contribution in [3.8, 4) is 0 Å². The molecule has 2 N–H and O–H groups in total.